The molecule has 1 aliphatic heterocycles. The van der Waals surface area contributed by atoms with Crippen LogP contribution in [-0.2, 0) is 21.4 Å². The lowest BCUT2D eigenvalue weighted by molar-refractivity contribution is -0.126. The van der Waals surface area contributed by atoms with E-state index in [0.717, 1.165) is 5.56 Å². The molecule has 0 spiro atoms. The smallest absolute Gasteiger partial charge is 0.243 e. The van der Waals surface area contributed by atoms with Gasteiger partial charge in [-0.15, -0.1) is 0 Å². The zero-order valence-electron chi connectivity index (χ0n) is 14.9. The highest BCUT2D eigenvalue weighted by atomic mass is 79.9. The van der Waals surface area contributed by atoms with Crippen molar-refractivity contribution in [2.24, 2.45) is 5.92 Å². The van der Waals surface area contributed by atoms with Crippen molar-refractivity contribution in [1.29, 1.82) is 0 Å². The Labute approximate surface area is 186 Å². The molecule has 2 aromatic carbocycles. The highest BCUT2D eigenvalue weighted by Gasteiger charge is 2.32. The molecule has 0 bridgehead atoms. The minimum absolute atomic E-state index is 0.0443. The fourth-order valence-electron chi connectivity index (χ4n) is 3.12. The molecule has 1 N–H and O–H groups in total. The quantitative estimate of drug-likeness (QED) is 0.593. The molecule has 28 heavy (non-hydrogen) atoms. The van der Waals surface area contributed by atoms with E-state index in [0.29, 0.717) is 46.4 Å². The Balaban J connectivity index is 1.57. The number of sulfonamides is 1. The average molecular weight is 551 g/mol. The van der Waals surface area contributed by atoms with Gasteiger partial charge in [0.05, 0.1) is 4.90 Å². The van der Waals surface area contributed by atoms with E-state index in [4.69, 9.17) is 11.6 Å². The number of nitrogens with zero attached hydrogens (tertiary/aromatic N) is 1. The first-order valence-corrected chi connectivity index (χ1v) is 12.1. The lowest BCUT2D eigenvalue weighted by atomic mass is 9.97. The van der Waals surface area contributed by atoms with Crippen LogP contribution in [0.1, 0.15) is 18.4 Å². The number of hydrogen-bond acceptors (Lipinski definition) is 3. The second-order valence-electron chi connectivity index (χ2n) is 6.63. The first kappa shape index (κ1) is 21.8. The number of nitrogens with one attached hydrogen (secondary N) is 1. The first-order valence-electron chi connectivity index (χ1n) is 8.74. The zero-order valence-corrected chi connectivity index (χ0v) is 19.6. The molecular formula is C19H19Br2ClN2O3S. The number of amides is 1. The normalized spacial score (nSPS) is 16.1. The largest absolute Gasteiger partial charge is 0.352 e. The molecule has 0 radical (unpaired) electrons. The van der Waals surface area contributed by atoms with E-state index in [2.05, 4.69) is 37.2 Å². The lowest BCUT2D eigenvalue weighted by Gasteiger charge is -2.30. The van der Waals surface area contributed by atoms with E-state index in [-0.39, 0.29) is 16.7 Å². The second kappa shape index (κ2) is 9.26. The number of piperidine rings is 1. The van der Waals surface area contributed by atoms with Gasteiger partial charge in [0.25, 0.3) is 0 Å². The zero-order chi connectivity index (χ0) is 20.3. The summed E-state index contributed by atoms with van der Waals surface area (Å²) in [7, 11) is -3.59. The number of hydrogen-bond donors (Lipinski definition) is 1. The molecule has 150 valence electrons. The molecular weight excluding hydrogens is 532 g/mol. The third-order valence-corrected chi connectivity index (χ3v) is 7.72. The maximum absolute atomic E-state index is 12.9. The molecule has 1 fully saturated rings. The molecule has 1 saturated heterocycles. The summed E-state index contributed by atoms with van der Waals surface area (Å²) in [5.41, 5.74) is 0.970. The van der Waals surface area contributed by atoms with Crippen molar-refractivity contribution in [1.82, 2.24) is 9.62 Å². The highest BCUT2D eigenvalue weighted by molar-refractivity contribution is 9.11. The van der Waals surface area contributed by atoms with Crippen molar-refractivity contribution in [2.75, 3.05) is 13.1 Å². The van der Waals surface area contributed by atoms with Crippen molar-refractivity contribution in [2.45, 2.75) is 24.3 Å². The van der Waals surface area contributed by atoms with E-state index in [1.165, 1.54) is 4.31 Å². The summed E-state index contributed by atoms with van der Waals surface area (Å²) in [6.45, 7) is 1.08. The lowest BCUT2D eigenvalue weighted by Crippen LogP contribution is -2.42. The Morgan fingerprint density at radius 2 is 1.64 bits per heavy atom. The number of carbonyl (C=O) groups is 1. The van der Waals surface area contributed by atoms with E-state index in [1.54, 1.807) is 30.3 Å². The van der Waals surface area contributed by atoms with E-state index < -0.39 is 10.0 Å². The van der Waals surface area contributed by atoms with Gasteiger partial charge in [-0.1, -0.05) is 55.6 Å². The minimum Gasteiger partial charge on any atom is -0.352 e. The number of halogens is 3. The monoisotopic (exact) mass is 548 g/mol. The van der Waals surface area contributed by atoms with Crippen LogP contribution >= 0.6 is 43.5 Å². The molecule has 9 heteroatoms. The third-order valence-electron chi connectivity index (χ3n) is 4.68. The Morgan fingerprint density at radius 1 is 1.07 bits per heavy atom. The van der Waals surface area contributed by atoms with Gasteiger partial charge in [0, 0.05) is 39.5 Å². The van der Waals surface area contributed by atoms with Gasteiger partial charge in [-0.05, 0) is 48.7 Å². The Bertz CT molecular complexity index is 939. The Hall–Kier alpha value is -0.930. The van der Waals surface area contributed by atoms with Gasteiger partial charge in [0.15, 0.2) is 0 Å². The maximum atomic E-state index is 12.9. The van der Waals surface area contributed by atoms with Gasteiger partial charge in [-0.2, -0.15) is 4.31 Å². The SMILES string of the molecule is O=C(NCc1ccc(Cl)cc1)C1CCN(S(=O)(=O)c2cc(Br)cc(Br)c2)CC1. The number of rotatable bonds is 5. The third kappa shape index (κ3) is 5.36. The van der Waals surface area contributed by atoms with Crippen LogP contribution in [0.4, 0.5) is 0 Å². The maximum Gasteiger partial charge on any atom is 0.243 e. The standard InChI is InChI=1S/C19H19Br2ClN2O3S/c20-15-9-16(21)11-18(10-15)28(26,27)24-7-5-14(6-8-24)19(25)23-12-13-1-3-17(22)4-2-13/h1-4,9-11,14H,5-8,12H2,(H,23,25). The molecule has 0 atom stereocenters. The van der Waals surface area contributed by atoms with Gasteiger partial charge in [-0.25, -0.2) is 8.42 Å². The summed E-state index contributed by atoms with van der Waals surface area (Å²) in [4.78, 5) is 12.7. The molecule has 0 saturated carbocycles. The minimum atomic E-state index is -3.59. The fourth-order valence-corrected chi connectivity index (χ4v) is 6.38. The number of benzene rings is 2. The molecule has 5 nitrogen and oxygen atoms in total. The van der Waals surface area contributed by atoms with E-state index in [9.17, 15) is 13.2 Å². The molecule has 3 rings (SSSR count). The summed E-state index contributed by atoms with van der Waals surface area (Å²) in [6.07, 6.45) is 1.00. The predicted octanol–water partition coefficient (Wildman–Crippen LogP) is 4.58. The van der Waals surface area contributed by atoms with Crippen LogP contribution in [-0.4, -0.2) is 31.7 Å². The van der Waals surface area contributed by atoms with Crippen LogP contribution < -0.4 is 5.32 Å². The van der Waals surface area contributed by atoms with Crippen molar-refractivity contribution in [3.05, 3.63) is 62.0 Å². The van der Waals surface area contributed by atoms with Crippen molar-refractivity contribution in [3.63, 3.8) is 0 Å². The van der Waals surface area contributed by atoms with Gasteiger partial charge in [0.1, 0.15) is 0 Å². The predicted molar refractivity (Wildman–Crippen MR) is 117 cm³/mol. The van der Waals surface area contributed by atoms with Crippen molar-refractivity contribution >= 4 is 59.4 Å². The Morgan fingerprint density at radius 3 is 2.21 bits per heavy atom. The molecule has 0 aliphatic carbocycles. The summed E-state index contributed by atoms with van der Waals surface area (Å²) in [5.74, 6) is -0.231. The fraction of sp³-hybridized carbons (Fsp3) is 0.316. The van der Waals surface area contributed by atoms with Crippen LogP contribution in [0, 0.1) is 5.92 Å². The summed E-state index contributed by atoms with van der Waals surface area (Å²) in [6, 6.07) is 12.3. The van der Waals surface area contributed by atoms with Gasteiger partial charge < -0.3 is 5.32 Å². The molecule has 2 aromatic rings. The van der Waals surface area contributed by atoms with Crippen LogP contribution in [0.5, 0.6) is 0 Å². The molecule has 0 unspecified atom stereocenters. The van der Waals surface area contributed by atoms with E-state index in [1.807, 2.05) is 12.1 Å². The van der Waals surface area contributed by atoms with E-state index >= 15 is 0 Å². The average Bonchev–Trinajstić information content (AvgIpc) is 2.66. The van der Waals surface area contributed by atoms with Gasteiger partial charge in [0.2, 0.25) is 15.9 Å². The topological polar surface area (TPSA) is 66.5 Å². The molecule has 1 heterocycles. The second-order valence-corrected chi connectivity index (χ2v) is 10.8. The Kier molecular flexibility index (Phi) is 7.20. The van der Waals surface area contributed by atoms with Crippen LogP contribution in [0.25, 0.3) is 0 Å². The van der Waals surface area contributed by atoms with Gasteiger partial charge >= 0.3 is 0 Å². The molecule has 1 aliphatic rings. The van der Waals surface area contributed by atoms with Crippen molar-refractivity contribution in [3.8, 4) is 0 Å². The van der Waals surface area contributed by atoms with Gasteiger partial charge in [-0.3, -0.25) is 4.79 Å². The summed E-state index contributed by atoms with van der Waals surface area (Å²) in [5, 5.41) is 3.58. The molecule has 1 amide bonds. The van der Waals surface area contributed by atoms with Crippen molar-refractivity contribution < 1.29 is 13.2 Å². The summed E-state index contributed by atoms with van der Waals surface area (Å²) >= 11 is 12.5. The number of carbonyl (C=O) groups excluding carboxylic acids is 1. The summed E-state index contributed by atoms with van der Waals surface area (Å²) < 4.78 is 28.6. The highest BCUT2D eigenvalue weighted by Crippen LogP contribution is 2.28. The van der Waals surface area contributed by atoms with Crippen LogP contribution in [0.15, 0.2) is 56.3 Å². The van der Waals surface area contributed by atoms with Crippen LogP contribution in [0.3, 0.4) is 0 Å². The molecule has 0 aromatic heterocycles. The van der Waals surface area contributed by atoms with Crippen LogP contribution in [0.2, 0.25) is 5.02 Å². The first-order chi connectivity index (χ1) is 13.3.